The summed E-state index contributed by atoms with van der Waals surface area (Å²) in [6.45, 7) is 4.84. The third-order valence-electron chi connectivity index (χ3n) is 11.9. The maximum absolute atomic E-state index is 12.4. The minimum Gasteiger partial charge on any atom is -0.466 e. The lowest BCUT2D eigenvalue weighted by Gasteiger charge is -2.20. The number of aliphatic hydroxyl groups is 2. The number of esters is 1. The van der Waals surface area contributed by atoms with Crippen LogP contribution in [0.25, 0.3) is 0 Å². The van der Waals surface area contributed by atoms with E-state index in [0.29, 0.717) is 19.4 Å². The second-order valence-electron chi connectivity index (χ2n) is 17.9. The molecule has 0 radical (unpaired) electrons. The van der Waals surface area contributed by atoms with Crippen LogP contribution in [-0.4, -0.2) is 47.4 Å². The van der Waals surface area contributed by atoms with Crippen molar-refractivity contribution in [3.8, 4) is 0 Å². The van der Waals surface area contributed by atoms with Crippen LogP contribution in [0.4, 0.5) is 0 Å². The number of carbonyl (C=O) groups is 2. The first-order valence-corrected chi connectivity index (χ1v) is 26.3. The molecule has 0 rings (SSSR count). The van der Waals surface area contributed by atoms with Crippen LogP contribution in [0, 0.1) is 0 Å². The van der Waals surface area contributed by atoms with E-state index < -0.39 is 12.1 Å². The molecule has 0 fully saturated rings. The van der Waals surface area contributed by atoms with E-state index in [-0.39, 0.29) is 18.5 Å². The smallest absolute Gasteiger partial charge is 0.305 e. The molecule has 0 aromatic rings. The average molecular weight is 844 g/mol. The van der Waals surface area contributed by atoms with Crippen LogP contribution in [0.5, 0.6) is 0 Å². The van der Waals surface area contributed by atoms with Gasteiger partial charge in [0.25, 0.3) is 0 Å². The Bertz CT molecular complexity index is 977. The Morgan fingerprint density at radius 1 is 0.467 bits per heavy atom. The monoisotopic (exact) mass is 844 g/mol. The minimum atomic E-state index is -0.851. The van der Waals surface area contributed by atoms with Gasteiger partial charge in [-0.15, -0.1) is 0 Å². The lowest BCUT2D eigenvalue weighted by molar-refractivity contribution is -0.143. The van der Waals surface area contributed by atoms with Gasteiger partial charge in [-0.25, -0.2) is 0 Å². The molecular weight excluding hydrogens is 743 g/mol. The van der Waals surface area contributed by atoms with Gasteiger partial charge in [-0.3, -0.25) is 9.59 Å². The number of hydrogen-bond donors (Lipinski definition) is 3. The van der Waals surface area contributed by atoms with Gasteiger partial charge in [-0.1, -0.05) is 230 Å². The van der Waals surface area contributed by atoms with Crippen molar-refractivity contribution in [1.29, 1.82) is 0 Å². The van der Waals surface area contributed by atoms with Gasteiger partial charge in [0.15, 0.2) is 0 Å². The van der Waals surface area contributed by atoms with E-state index in [1.165, 1.54) is 180 Å². The highest BCUT2D eigenvalue weighted by Crippen LogP contribution is 2.15. The van der Waals surface area contributed by atoms with Crippen molar-refractivity contribution in [2.24, 2.45) is 0 Å². The molecule has 60 heavy (non-hydrogen) atoms. The van der Waals surface area contributed by atoms with Crippen LogP contribution in [0.2, 0.25) is 0 Å². The van der Waals surface area contributed by atoms with E-state index >= 15 is 0 Å². The van der Waals surface area contributed by atoms with Crippen LogP contribution in [-0.2, 0) is 14.3 Å². The Hall–Kier alpha value is -1.92. The number of aliphatic hydroxyl groups excluding tert-OH is 2. The number of amides is 1. The molecule has 1 amide bonds. The van der Waals surface area contributed by atoms with E-state index in [4.69, 9.17) is 4.74 Å². The van der Waals surface area contributed by atoms with Crippen LogP contribution >= 0.6 is 0 Å². The fraction of sp³-hybridized carbons (Fsp3) is 0.852. The molecule has 0 bridgehead atoms. The molecule has 0 spiro atoms. The number of unbranched alkanes of at least 4 members (excludes halogenated alkanes) is 33. The predicted molar refractivity (Wildman–Crippen MR) is 259 cm³/mol. The highest BCUT2D eigenvalue weighted by molar-refractivity contribution is 5.76. The second kappa shape index (κ2) is 49.7. The summed E-state index contributed by atoms with van der Waals surface area (Å²) in [4.78, 5) is 24.5. The Labute approximate surface area is 373 Å². The Balaban J connectivity index is 3.46. The van der Waals surface area contributed by atoms with Gasteiger partial charge in [0.2, 0.25) is 5.91 Å². The first kappa shape index (κ1) is 58.1. The van der Waals surface area contributed by atoms with Crippen LogP contribution < -0.4 is 5.32 Å². The van der Waals surface area contributed by atoms with Gasteiger partial charge in [0.05, 0.1) is 25.4 Å². The summed E-state index contributed by atoms with van der Waals surface area (Å²) >= 11 is 0. The van der Waals surface area contributed by atoms with Crippen molar-refractivity contribution >= 4 is 11.9 Å². The quantitative estimate of drug-likeness (QED) is 0.0322. The van der Waals surface area contributed by atoms with E-state index in [0.717, 1.165) is 64.2 Å². The average Bonchev–Trinajstić information content (AvgIpc) is 3.25. The van der Waals surface area contributed by atoms with Gasteiger partial charge in [-0.05, 0) is 64.2 Å². The predicted octanol–water partition coefficient (Wildman–Crippen LogP) is 15.7. The van der Waals surface area contributed by atoms with Crippen molar-refractivity contribution in [2.45, 2.75) is 283 Å². The fourth-order valence-electron chi connectivity index (χ4n) is 7.84. The lowest BCUT2D eigenvalue weighted by Crippen LogP contribution is -2.45. The van der Waals surface area contributed by atoms with Crippen LogP contribution in [0.1, 0.15) is 271 Å². The highest BCUT2D eigenvalue weighted by Gasteiger charge is 2.18. The van der Waals surface area contributed by atoms with Crippen LogP contribution in [0.3, 0.4) is 0 Å². The Kier molecular flexibility index (Phi) is 48.1. The number of rotatable bonds is 48. The molecule has 0 aliphatic rings. The summed E-state index contributed by atoms with van der Waals surface area (Å²) in [6, 6.07) is -0.635. The van der Waals surface area contributed by atoms with Crippen molar-refractivity contribution in [3.05, 3.63) is 36.5 Å². The fourth-order valence-corrected chi connectivity index (χ4v) is 7.84. The molecule has 0 aromatic carbocycles. The number of carbonyl (C=O) groups excluding carboxylic acids is 2. The summed E-state index contributed by atoms with van der Waals surface area (Å²) in [6.07, 6.45) is 60.0. The minimum absolute atomic E-state index is 0.0118. The topological polar surface area (TPSA) is 95.9 Å². The van der Waals surface area contributed by atoms with E-state index in [1.54, 1.807) is 6.08 Å². The number of nitrogens with one attached hydrogen (secondary N) is 1. The SMILES string of the molecule is CCCCC/C=C\C/C=C\CCCCCCCCCC(=O)OCCCCCCCCCCCCCCCCC(=O)NC(CO)C(O)/C=C/CCCCCCCCCCCC. The summed E-state index contributed by atoms with van der Waals surface area (Å²) in [5.41, 5.74) is 0. The molecule has 0 aliphatic carbocycles. The van der Waals surface area contributed by atoms with Crippen LogP contribution in [0.15, 0.2) is 36.5 Å². The van der Waals surface area contributed by atoms with Gasteiger partial charge < -0.3 is 20.3 Å². The molecule has 0 heterocycles. The number of ether oxygens (including phenoxy) is 1. The van der Waals surface area contributed by atoms with Gasteiger partial charge in [0, 0.05) is 12.8 Å². The molecule has 6 nitrogen and oxygen atoms in total. The zero-order valence-corrected chi connectivity index (χ0v) is 39.9. The number of allylic oxidation sites excluding steroid dienone is 5. The van der Waals surface area contributed by atoms with Crippen molar-refractivity contribution in [1.82, 2.24) is 5.32 Å². The molecular formula is C54H101NO5. The molecule has 2 atom stereocenters. The third-order valence-corrected chi connectivity index (χ3v) is 11.9. The maximum atomic E-state index is 12.4. The van der Waals surface area contributed by atoms with Crippen molar-refractivity contribution < 1.29 is 24.5 Å². The maximum Gasteiger partial charge on any atom is 0.305 e. The molecule has 0 aromatic heterocycles. The van der Waals surface area contributed by atoms with E-state index in [1.807, 2.05) is 6.08 Å². The zero-order chi connectivity index (χ0) is 43.7. The summed E-state index contributed by atoms with van der Waals surface area (Å²) in [5, 5.41) is 23.0. The molecule has 0 saturated carbocycles. The Morgan fingerprint density at radius 2 is 0.833 bits per heavy atom. The summed E-state index contributed by atoms with van der Waals surface area (Å²) in [5.74, 6) is -0.0920. The molecule has 0 aliphatic heterocycles. The van der Waals surface area contributed by atoms with Crippen molar-refractivity contribution in [2.75, 3.05) is 13.2 Å². The van der Waals surface area contributed by atoms with Crippen molar-refractivity contribution in [3.63, 3.8) is 0 Å². The molecule has 3 N–H and O–H groups in total. The molecule has 6 heteroatoms. The lowest BCUT2D eigenvalue weighted by atomic mass is 10.0. The van der Waals surface area contributed by atoms with E-state index in [2.05, 4.69) is 43.5 Å². The largest absolute Gasteiger partial charge is 0.466 e. The number of hydrogen-bond acceptors (Lipinski definition) is 5. The highest BCUT2D eigenvalue weighted by atomic mass is 16.5. The zero-order valence-electron chi connectivity index (χ0n) is 39.9. The third kappa shape index (κ3) is 45.6. The molecule has 2 unspecified atom stereocenters. The summed E-state index contributed by atoms with van der Waals surface area (Å²) in [7, 11) is 0. The summed E-state index contributed by atoms with van der Waals surface area (Å²) < 4.78 is 5.47. The van der Waals surface area contributed by atoms with Gasteiger partial charge >= 0.3 is 5.97 Å². The van der Waals surface area contributed by atoms with E-state index in [9.17, 15) is 19.8 Å². The molecule has 0 saturated heterocycles. The standard InChI is InChI=1S/C54H101NO5/c1-3-5-7-9-11-13-15-17-18-19-20-24-28-32-36-40-44-48-54(59)60-49-45-41-37-33-29-25-22-21-23-27-31-35-39-43-47-53(58)55-51(50-56)52(57)46-42-38-34-30-26-16-14-12-10-8-6-4-2/h11,13,17-18,42,46,51-52,56-57H,3-10,12,14-16,19-41,43-45,47-50H2,1-2H3,(H,55,58)/b13-11-,18-17-,46-42+. The second-order valence-corrected chi connectivity index (χ2v) is 17.9. The Morgan fingerprint density at radius 3 is 1.30 bits per heavy atom. The first-order valence-electron chi connectivity index (χ1n) is 26.3. The van der Waals surface area contributed by atoms with Gasteiger partial charge in [-0.2, -0.15) is 0 Å². The van der Waals surface area contributed by atoms with Gasteiger partial charge in [0.1, 0.15) is 0 Å². The normalized spacial score (nSPS) is 12.9. The molecule has 352 valence electrons. The first-order chi connectivity index (χ1) is 29.5.